The van der Waals surface area contributed by atoms with Gasteiger partial charge in [0.15, 0.2) is 0 Å². The first-order valence-corrected chi connectivity index (χ1v) is 11.4. The van der Waals surface area contributed by atoms with Crippen molar-refractivity contribution >= 4 is 22.5 Å². The quantitative estimate of drug-likeness (QED) is 0.677. The maximum absolute atomic E-state index is 13.9. The fourth-order valence-electron chi connectivity index (χ4n) is 5.79. The molecule has 0 saturated carbocycles. The van der Waals surface area contributed by atoms with Crippen molar-refractivity contribution in [2.45, 2.75) is 37.1 Å². The smallest absolute Gasteiger partial charge is 0.147 e. The SMILES string of the molecule is Fc1ccc2c(c1)C1(CCN(C3CCN(c4cnc5ccccc5n4)CC3)CC1)CN2. The second-order valence-electron chi connectivity index (χ2n) is 9.29. The van der Waals surface area contributed by atoms with Crippen LogP contribution in [-0.4, -0.2) is 53.6 Å². The number of para-hydroxylation sites is 2. The fourth-order valence-corrected chi connectivity index (χ4v) is 5.79. The number of aromatic nitrogens is 2. The lowest BCUT2D eigenvalue weighted by Gasteiger charge is -2.45. The first-order chi connectivity index (χ1) is 15.2. The molecule has 0 bridgehead atoms. The van der Waals surface area contributed by atoms with Gasteiger partial charge in [-0.2, -0.15) is 0 Å². The average Bonchev–Trinajstić information content (AvgIpc) is 3.16. The van der Waals surface area contributed by atoms with Gasteiger partial charge >= 0.3 is 0 Å². The molecule has 4 heterocycles. The van der Waals surface area contributed by atoms with E-state index in [0.717, 1.165) is 80.9 Å². The lowest BCUT2D eigenvalue weighted by atomic mass is 9.74. The fraction of sp³-hybridized carbons (Fsp3) is 0.440. The Labute approximate surface area is 182 Å². The molecule has 31 heavy (non-hydrogen) atoms. The average molecular weight is 418 g/mol. The Hall–Kier alpha value is -2.73. The van der Waals surface area contributed by atoms with E-state index in [2.05, 4.69) is 20.1 Å². The molecule has 2 fully saturated rings. The van der Waals surface area contributed by atoms with Crippen LogP contribution in [0.4, 0.5) is 15.9 Å². The number of likely N-dealkylation sites (tertiary alicyclic amines) is 1. The Morgan fingerprint density at radius 2 is 1.74 bits per heavy atom. The lowest BCUT2D eigenvalue weighted by molar-refractivity contribution is 0.106. The van der Waals surface area contributed by atoms with Crippen LogP contribution in [0.3, 0.4) is 0 Å². The van der Waals surface area contributed by atoms with E-state index in [1.807, 2.05) is 36.5 Å². The van der Waals surface area contributed by atoms with E-state index in [-0.39, 0.29) is 11.2 Å². The number of rotatable bonds is 2. The largest absolute Gasteiger partial charge is 0.384 e. The minimum absolute atomic E-state index is 0.106. The number of nitrogens with one attached hydrogen (secondary N) is 1. The van der Waals surface area contributed by atoms with Crippen LogP contribution in [0.15, 0.2) is 48.7 Å². The second kappa shape index (κ2) is 7.45. The van der Waals surface area contributed by atoms with Crippen LogP contribution in [-0.2, 0) is 5.41 Å². The first-order valence-electron chi connectivity index (χ1n) is 11.4. The predicted molar refractivity (Wildman–Crippen MR) is 122 cm³/mol. The Balaban J connectivity index is 1.09. The van der Waals surface area contributed by atoms with Gasteiger partial charge in [0.25, 0.3) is 0 Å². The van der Waals surface area contributed by atoms with Gasteiger partial charge in [-0.25, -0.2) is 9.37 Å². The Bertz CT molecular complexity index is 1100. The summed E-state index contributed by atoms with van der Waals surface area (Å²) < 4.78 is 13.9. The predicted octanol–water partition coefficient (Wildman–Crippen LogP) is 4.20. The Kier molecular flexibility index (Phi) is 4.56. The van der Waals surface area contributed by atoms with E-state index in [1.54, 1.807) is 12.1 Å². The van der Waals surface area contributed by atoms with Gasteiger partial charge in [-0.3, -0.25) is 4.98 Å². The van der Waals surface area contributed by atoms with E-state index in [1.165, 1.54) is 5.56 Å². The molecule has 5 nitrogen and oxygen atoms in total. The van der Waals surface area contributed by atoms with Gasteiger partial charge in [0.2, 0.25) is 0 Å². The molecular weight excluding hydrogens is 389 g/mol. The summed E-state index contributed by atoms with van der Waals surface area (Å²) in [5.74, 6) is 0.874. The zero-order valence-corrected chi connectivity index (χ0v) is 17.7. The summed E-state index contributed by atoms with van der Waals surface area (Å²) in [5, 5.41) is 3.51. The third kappa shape index (κ3) is 3.33. The number of benzene rings is 2. The van der Waals surface area contributed by atoms with Gasteiger partial charge in [0.05, 0.1) is 17.2 Å². The highest BCUT2D eigenvalue weighted by molar-refractivity contribution is 5.75. The molecule has 2 saturated heterocycles. The van der Waals surface area contributed by atoms with Crippen molar-refractivity contribution in [2.75, 3.05) is 42.9 Å². The molecule has 0 radical (unpaired) electrons. The van der Waals surface area contributed by atoms with Crippen molar-refractivity contribution in [1.82, 2.24) is 14.9 Å². The highest BCUT2D eigenvalue weighted by atomic mass is 19.1. The lowest BCUT2D eigenvalue weighted by Crippen LogP contribution is -2.51. The Morgan fingerprint density at radius 1 is 0.968 bits per heavy atom. The van der Waals surface area contributed by atoms with Crippen molar-refractivity contribution in [1.29, 1.82) is 0 Å². The van der Waals surface area contributed by atoms with Crippen LogP contribution in [0.1, 0.15) is 31.2 Å². The second-order valence-corrected chi connectivity index (χ2v) is 9.29. The Morgan fingerprint density at radius 3 is 2.55 bits per heavy atom. The van der Waals surface area contributed by atoms with Gasteiger partial charge in [0, 0.05) is 36.8 Å². The highest BCUT2D eigenvalue weighted by Gasteiger charge is 2.42. The molecule has 3 aliphatic rings. The molecule has 0 aliphatic carbocycles. The van der Waals surface area contributed by atoms with Gasteiger partial charge < -0.3 is 15.1 Å². The summed E-state index contributed by atoms with van der Waals surface area (Å²) in [5.41, 5.74) is 4.34. The number of halogens is 1. The van der Waals surface area contributed by atoms with Gasteiger partial charge in [0.1, 0.15) is 11.6 Å². The van der Waals surface area contributed by atoms with Crippen LogP contribution in [0.25, 0.3) is 11.0 Å². The molecule has 3 aromatic rings. The third-order valence-electron chi connectivity index (χ3n) is 7.67. The van der Waals surface area contributed by atoms with Crippen LogP contribution >= 0.6 is 0 Å². The standard InChI is InChI=1S/C25H28FN5/c26-18-5-6-21-20(15-18)25(17-28-21)9-13-30(14-10-25)19-7-11-31(12-8-19)24-16-27-22-3-1-2-4-23(22)29-24/h1-6,15-16,19,28H,7-14,17H2. The summed E-state index contributed by atoms with van der Waals surface area (Å²) in [6, 6.07) is 13.9. The summed E-state index contributed by atoms with van der Waals surface area (Å²) in [4.78, 5) is 14.5. The molecule has 1 spiro atoms. The van der Waals surface area contributed by atoms with E-state index in [9.17, 15) is 4.39 Å². The molecule has 160 valence electrons. The summed E-state index contributed by atoms with van der Waals surface area (Å²) >= 11 is 0. The maximum atomic E-state index is 13.9. The molecule has 0 unspecified atom stereocenters. The van der Waals surface area contributed by atoms with E-state index >= 15 is 0 Å². The number of fused-ring (bicyclic) bond motifs is 3. The minimum atomic E-state index is -0.117. The molecule has 1 N–H and O–H groups in total. The molecule has 0 amide bonds. The van der Waals surface area contributed by atoms with Crippen molar-refractivity contribution < 1.29 is 4.39 Å². The van der Waals surface area contributed by atoms with Crippen LogP contribution in [0, 0.1) is 5.82 Å². The van der Waals surface area contributed by atoms with Gasteiger partial charge in [-0.1, -0.05) is 12.1 Å². The molecule has 1 aromatic heterocycles. The maximum Gasteiger partial charge on any atom is 0.147 e. The minimum Gasteiger partial charge on any atom is -0.384 e. The van der Waals surface area contributed by atoms with Crippen LogP contribution in [0.5, 0.6) is 0 Å². The molecule has 6 heteroatoms. The zero-order chi connectivity index (χ0) is 20.8. The molecular formula is C25H28FN5. The van der Waals surface area contributed by atoms with Crippen molar-refractivity contribution in [3.8, 4) is 0 Å². The number of piperidine rings is 2. The summed E-state index contributed by atoms with van der Waals surface area (Å²) in [6.45, 7) is 5.18. The van der Waals surface area contributed by atoms with E-state index in [4.69, 9.17) is 4.98 Å². The molecule has 6 rings (SSSR count). The van der Waals surface area contributed by atoms with Gasteiger partial charge in [-0.05, 0) is 74.7 Å². The summed E-state index contributed by atoms with van der Waals surface area (Å²) in [6.07, 6.45) is 6.44. The molecule has 0 atom stereocenters. The van der Waals surface area contributed by atoms with E-state index < -0.39 is 0 Å². The van der Waals surface area contributed by atoms with Crippen molar-refractivity contribution in [3.05, 3.63) is 60.0 Å². The number of hydrogen-bond acceptors (Lipinski definition) is 5. The van der Waals surface area contributed by atoms with E-state index in [0.29, 0.717) is 6.04 Å². The summed E-state index contributed by atoms with van der Waals surface area (Å²) in [7, 11) is 0. The number of hydrogen-bond donors (Lipinski definition) is 1. The van der Waals surface area contributed by atoms with Crippen molar-refractivity contribution in [3.63, 3.8) is 0 Å². The highest BCUT2D eigenvalue weighted by Crippen LogP contribution is 2.44. The van der Waals surface area contributed by atoms with Gasteiger partial charge in [-0.15, -0.1) is 0 Å². The molecule has 2 aromatic carbocycles. The number of anilines is 2. The van der Waals surface area contributed by atoms with Crippen LogP contribution < -0.4 is 10.2 Å². The normalized spacial score (nSPS) is 21.4. The monoisotopic (exact) mass is 417 g/mol. The zero-order valence-electron chi connectivity index (χ0n) is 17.7. The number of nitrogens with zero attached hydrogens (tertiary/aromatic N) is 4. The van der Waals surface area contributed by atoms with Crippen LogP contribution in [0.2, 0.25) is 0 Å². The molecule has 3 aliphatic heterocycles. The first kappa shape index (κ1) is 19.0. The third-order valence-corrected chi connectivity index (χ3v) is 7.67. The van der Waals surface area contributed by atoms with Crippen molar-refractivity contribution in [2.24, 2.45) is 0 Å². The topological polar surface area (TPSA) is 44.3 Å².